The van der Waals surface area contributed by atoms with E-state index in [2.05, 4.69) is 20.0 Å². The standard InChI is InChI=1S/C24H22FN5O/c1-17-13-26-16-30(17)15-18-3-10-22(11-4-18)28-23(31)12-7-20-14-27-29(2)24(20)19-5-8-21(25)9-6-19/h3-14,16H,15H2,1-2H3,(H,28,31)/b12-7+. The number of nitrogens with zero attached hydrogens (tertiary/aromatic N) is 4. The van der Waals surface area contributed by atoms with Crippen LogP contribution in [-0.2, 0) is 18.4 Å². The predicted molar refractivity (Wildman–Crippen MR) is 119 cm³/mol. The van der Waals surface area contributed by atoms with Crippen molar-refractivity contribution >= 4 is 17.7 Å². The zero-order valence-electron chi connectivity index (χ0n) is 17.3. The lowest BCUT2D eigenvalue weighted by Crippen LogP contribution is -2.08. The second-order valence-electron chi connectivity index (χ2n) is 7.26. The van der Waals surface area contributed by atoms with E-state index in [0.717, 1.165) is 34.6 Å². The minimum absolute atomic E-state index is 0.243. The fourth-order valence-electron chi connectivity index (χ4n) is 3.33. The van der Waals surface area contributed by atoms with Gasteiger partial charge in [0.1, 0.15) is 5.82 Å². The third-order valence-corrected chi connectivity index (χ3v) is 4.99. The van der Waals surface area contributed by atoms with Crippen LogP contribution >= 0.6 is 0 Å². The molecule has 0 fully saturated rings. The van der Waals surface area contributed by atoms with Crippen LogP contribution in [0.15, 0.2) is 73.3 Å². The first-order valence-corrected chi connectivity index (χ1v) is 9.82. The van der Waals surface area contributed by atoms with Gasteiger partial charge in [0, 0.05) is 48.4 Å². The van der Waals surface area contributed by atoms with Crippen molar-refractivity contribution in [1.82, 2.24) is 19.3 Å². The Bertz CT molecular complexity index is 1220. The van der Waals surface area contributed by atoms with E-state index < -0.39 is 0 Å². The topological polar surface area (TPSA) is 64.7 Å². The number of nitrogens with one attached hydrogen (secondary N) is 1. The average molecular weight is 415 g/mol. The Hall–Kier alpha value is -4.00. The Morgan fingerprint density at radius 3 is 2.52 bits per heavy atom. The Morgan fingerprint density at radius 2 is 1.84 bits per heavy atom. The number of aromatic nitrogens is 4. The predicted octanol–water partition coefficient (Wildman–Crippen LogP) is 4.43. The van der Waals surface area contributed by atoms with Crippen LogP contribution in [-0.4, -0.2) is 25.2 Å². The van der Waals surface area contributed by atoms with Crippen molar-refractivity contribution in [2.75, 3.05) is 5.32 Å². The van der Waals surface area contributed by atoms with Crippen molar-refractivity contribution < 1.29 is 9.18 Å². The SMILES string of the molecule is Cc1cncn1Cc1ccc(NC(=O)/C=C/c2cnn(C)c2-c2ccc(F)cc2)cc1. The van der Waals surface area contributed by atoms with Gasteiger partial charge in [0.2, 0.25) is 5.91 Å². The van der Waals surface area contributed by atoms with E-state index >= 15 is 0 Å². The Morgan fingerprint density at radius 1 is 1.10 bits per heavy atom. The number of amides is 1. The number of aryl methyl sites for hydroxylation is 2. The van der Waals surface area contributed by atoms with E-state index in [-0.39, 0.29) is 11.7 Å². The Labute approximate surface area is 179 Å². The second-order valence-corrected chi connectivity index (χ2v) is 7.26. The smallest absolute Gasteiger partial charge is 0.248 e. The molecular formula is C24H22FN5O. The lowest BCUT2D eigenvalue weighted by molar-refractivity contribution is -0.111. The van der Waals surface area contributed by atoms with Gasteiger partial charge in [-0.1, -0.05) is 12.1 Å². The molecule has 0 aliphatic carbocycles. The summed E-state index contributed by atoms with van der Waals surface area (Å²) in [6.07, 6.45) is 8.47. The molecule has 0 saturated heterocycles. The summed E-state index contributed by atoms with van der Waals surface area (Å²) >= 11 is 0. The van der Waals surface area contributed by atoms with Gasteiger partial charge in [0.15, 0.2) is 0 Å². The van der Waals surface area contributed by atoms with Crippen LogP contribution < -0.4 is 5.32 Å². The number of benzene rings is 2. The fourth-order valence-corrected chi connectivity index (χ4v) is 3.33. The molecule has 0 aliphatic heterocycles. The molecule has 2 aromatic carbocycles. The normalized spacial score (nSPS) is 11.2. The van der Waals surface area contributed by atoms with Crippen molar-refractivity contribution in [1.29, 1.82) is 0 Å². The summed E-state index contributed by atoms with van der Waals surface area (Å²) in [5, 5.41) is 7.12. The van der Waals surface area contributed by atoms with Gasteiger partial charge < -0.3 is 9.88 Å². The zero-order valence-corrected chi connectivity index (χ0v) is 17.3. The molecule has 156 valence electrons. The van der Waals surface area contributed by atoms with Gasteiger partial charge in [0.25, 0.3) is 0 Å². The largest absolute Gasteiger partial charge is 0.330 e. The summed E-state index contributed by atoms with van der Waals surface area (Å²) in [6.45, 7) is 2.74. The number of halogens is 1. The molecule has 0 bridgehead atoms. The third-order valence-electron chi connectivity index (χ3n) is 4.99. The highest BCUT2D eigenvalue weighted by Crippen LogP contribution is 2.24. The molecule has 1 N–H and O–H groups in total. The van der Waals surface area contributed by atoms with Gasteiger partial charge in [-0.25, -0.2) is 9.37 Å². The molecule has 7 heteroatoms. The molecule has 4 aromatic rings. The van der Waals surface area contributed by atoms with Gasteiger partial charge in [0.05, 0.1) is 18.2 Å². The van der Waals surface area contributed by atoms with Crippen molar-refractivity contribution in [3.63, 3.8) is 0 Å². The summed E-state index contributed by atoms with van der Waals surface area (Å²) in [5.74, 6) is -0.541. The van der Waals surface area contributed by atoms with Crippen LogP contribution in [0, 0.1) is 12.7 Å². The lowest BCUT2D eigenvalue weighted by atomic mass is 10.1. The molecule has 4 rings (SSSR count). The first kappa shape index (κ1) is 20.3. The summed E-state index contributed by atoms with van der Waals surface area (Å²) in [5.41, 5.74) is 5.33. The van der Waals surface area contributed by atoms with Crippen LogP contribution in [0.5, 0.6) is 0 Å². The van der Waals surface area contributed by atoms with Crippen LogP contribution in [0.2, 0.25) is 0 Å². The van der Waals surface area contributed by atoms with Crippen LogP contribution in [0.25, 0.3) is 17.3 Å². The van der Waals surface area contributed by atoms with E-state index in [0.29, 0.717) is 5.69 Å². The van der Waals surface area contributed by atoms with Crippen LogP contribution in [0.4, 0.5) is 10.1 Å². The third kappa shape index (κ3) is 4.78. The fraction of sp³-hybridized carbons (Fsp3) is 0.125. The molecule has 1 amide bonds. The van der Waals surface area contributed by atoms with Gasteiger partial charge in [-0.2, -0.15) is 5.10 Å². The number of carbonyl (C=O) groups excluding carboxylic acids is 1. The minimum Gasteiger partial charge on any atom is -0.330 e. The molecule has 0 unspecified atom stereocenters. The highest BCUT2D eigenvalue weighted by atomic mass is 19.1. The van der Waals surface area contributed by atoms with Gasteiger partial charge in [-0.05, 0) is 55.0 Å². The molecule has 31 heavy (non-hydrogen) atoms. The highest BCUT2D eigenvalue weighted by molar-refractivity contribution is 6.02. The number of hydrogen-bond acceptors (Lipinski definition) is 3. The first-order chi connectivity index (χ1) is 15.0. The molecule has 6 nitrogen and oxygen atoms in total. The quantitative estimate of drug-likeness (QED) is 0.474. The number of carbonyl (C=O) groups is 1. The monoisotopic (exact) mass is 415 g/mol. The van der Waals surface area contributed by atoms with Gasteiger partial charge >= 0.3 is 0 Å². The van der Waals surface area contributed by atoms with E-state index in [4.69, 9.17) is 0 Å². The van der Waals surface area contributed by atoms with Crippen LogP contribution in [0.1, 0.15) is 16.8 Å². The number of rotatable bonds is 6. The number of hydrogen-bond donors (Lipinski definition) is 1. The van der Waals surface area contributed by atoms with Crippen molar-refractivity contribution in [2.45, 2.75) is 13.5 Å². The molecule has 0 atom stereocenters. The molecule has 2 heterocycles. The van der Waals surface area contributed by atoms with E-state index in [1.165, 1.54) is 18.2 Å². The molecule has 0 aliphatic rings. The highest BCUT2D eigenvalue weighted by Gasteiger charge is 2.09. The molecule has 0 radical (unpaired) electrons. The summed E-state index contributed by atoms with van der Waals surface area (Å²) < 4.78 is 17.0. The number of anilines is 1. The van der Waals surface area contributed by atoms with Crippen molar-refractivity contribution in [3.8, 4) is 11.3 Å². The maximum absolute atomic E-state index is 13.2. The average Bonchev–Trinajstić information content (AvgIpc) is 3.34. The minimum atomic E-state index is -0.298. The van der Waals surface area contributed by atoms with Gasteiger partial charge in [-0.15, -0.1) is 0 Å². The second kappa shape index (κ2) is 8.79. The summed E-state index contributed by atoms with van der Waals surface area (Å²) in [6, 6.07) is 13.9. The van der Waals surface area contributed by atoms with Crippen LogP contribution in [0.3, 0.4) is 0 Å². The van der Waals surface area contributed by atoms with Gasteiger partial charge in [-0.3, -0.25) is 9.48 Å². The Balaban J connectivity index is 1.42. The molecule has 2 aromatic heterocycles. The van der Waals surface area contributed by atoms with Crippen molar-refractivity contribution in [3.05, 3.63) is 96.0 Å². The van der Waals surface area contributed by atoms with Crippen molar-refractivity contribution in [2.24, 2.45) is 7.05 Å². The zero-order chi connectivity index (χ0) is 21.8. The Kier molecular flexibility index (Phi) is 5.75. The molecule has 0 saturated carbocycles. The van der Waals surface area contributed by atoms with E-state index in [1.807, 2.05) is 44.4 Å². The van der Waals surface area contributed by atoms with E-state index in [9.17, 15) is 9.18 Å². The van der Waals surface area contributed by atoms with E-state index in [1.54, 1.807) is 35.4 Å². The summed E-state index contributed by atoms with van der Waals surface area (Å²) in [7, 11) is 1.81. The maximum Gasteiger partial charge on any atom is 0.248 e. The number of imidazole rings is 1. The molecular weight excluding hydrogens is 393 g/mol. The maximum atomic E-state index is 13.2. The summed E-state index contributed by atoms with van der Waals surface area (Å²) in [4.78, 5) is 16.5. The molecule has 0 spiro atoms. The first-order valence-electron chi connectivity index (χ1n) is 9.82. The lowest BCUT2D eigenvalue weighted by Gasteiger charge is -2.07.